The summed E-state index contributed by atoms with van der Waals surface area (Å²) < 4.78 is 5.04. The molecule has 1 amide bonds. The van der Waals surface area contributed by atoms with Gasteiger partial charge >= 0.3 is 0 Å². The molecule has 25 heavy (non-hydrogen) atoms. The van der Waals surface area contributed by atoms with Gasteiger partial charge in [-0.05, 0) is 36.4 Å². The van der Waals surface area contributed by atoms with E-state index >= 15 is 0 Å². The van der Waals surface area contributed by atoms with Crippen LogP contribution in [0.2, 0.25) is 15.1 Å². The highest BCUT2D eigenvalue weighted by atomic mass is 35.5. The van der Waals surface area contributed by atoms with Crippen LogP contribution >= 0.6 is 34.8 Å². The van der Waals surface area contributed by atoms with Gasteiger partial charge in [0.25, 0.3) is 5.91 Å². The highest BCUT2D eigenvalue weighted by Crippen LogP contribution is 2.28. The molecular formula is C17H12Cl3N3O2. The summed E-state index contributed by atoms with van der Waals surface area (Å²) in [4.78, 5) is 12.2. The molecule has 2 N–H and O–H groups in total. The molecule has 128 valence electrons. The third-order valence-electron chi connectivity index (χ3n) is 3.08. The smallest absolute Gasteiger partial charge is 0.267 e. The summed E-state index contributed by atoms with van der Waals surface area (Å²) in [5.74, 6) is -0.123. The molecule has 0 aromatic heterocycles. The molecule has 0 heterocycles. The van der Waals surface area contributed by atoms with Crippen LogP contribution in [0.5, 0.6) is 5.75 Å². The zero-order chi connectivity index (χ0) is 18.4. The second-order valence-corrected chi connectivity index (χ2v) is 5.99. The minimum absolute atomic E-state index is 0.150. The minimum Gasteiger partial charge on any atom is -0.495 e. The molecule has 0 atom stereocenters. The number of hydrogen-bond acceptors (Lipinski definition) is 4. The molecule has 8 heteroatoms. The lowest BCUT2D eigenvalue weighted by Gasteiger charge is -2.08. The van der Waals surface area contributed by atoms with Gasteiger partial charge in [-0.3, -0.25) is 4.79 Å². The second kappa shape index (κ2) is 8.63. The van der Waals surface area contributed by atoms with Crippen LogP contribution < -0.4 is 15.4 Å². The number of nitrogens with one attached hydrogen (secondary N) is 2. The van der Waals surface area contributed by atoms with E-state index in [1.54, 1.807) is 30.3 Å². The number of nitrogens with zero attached hydrogens (tertiary/aromatic N) is 1. The fourth-order valence-corrected chi connectivity index (χ4v) is 2.45. The van der Waals surface area contributed by atoms with Crippen LogP contribution in [0.15, 0.2) is 48.2 Å². The molecule has 0 spiro atoms. The maximum absolute atomic E-state index is 12.2. The van der Waals surface area contributed by atoms with Crippen LogP contribution in [0.25, 0.3) is 0 Å². The Labute approximate surface area is 159 Å². The summed E-state index contributed by atoms with van der Waals surface area (Å²) in [7, 11) is 1.49. The van der Waals surface area contributed by atoms with Gasteiger partial charge in [-0.1, -0.05) is 34.8 Å². The van der Waals surface area contributed by atoms with Crippen molar-refractivity contribution >= 4 is 52.1 Å². The van der Waals surface area contributed by atoms with Gasteiger partial charge in [0.15, 0.2) is 0 Å². The topological polar surface area (TPSA) is 74.1 Å². The molecule has 0 saturated heterocycles. The Morgan fingerprint density at radius 1 is 1.16 bits per heavy atom. The predicted octanol–water partition coefficient (Wildman–Crippen LogP) is 5.11. The van der Waals surface area contributed by atoms with E-state index in [-0.39, 0.29) is 5.57 Å². The zero-order valence-corrected chi connectivity index (χ0v) is 15.2. The van der Waals surface area contributed by atoms with E-state index in [4.69, 9.17) is 39.5 Å². The highest BCUT2D eigenvalue weighted by Gasteiger charge is 2.11. The number of carbonyl (C=O) groups is 1. The van der Waals surface area contributed by atoms with E-state index < -0.39 is 5.91 Å². The fraction of sp³-hybridized carbons (Fsp3) is 0.0588. The minimum atomic E-state index is -0.602. The number of hydrogen-bond donors (Lipinski definition) is 2. The lowest BCUT2D eigenvalue weighted by atomic mass is 10.2. The molecule has 0 radical (unpaired) electrons. The van der Waals surface area contributed by atoms with Gasteiger partial charge in [-0.15, -0.1) is 0 Å². The number of amides is 1. The third-order valence-corrected chi connectivity index (χ3v) is 3.94. The number of methoxy groups -OCH3 is 1. The number of carbonyl (C=O) groups excluding carboxylic acids is 1. The molecule has 0 unspecified atom stereocenters. The molecular weight excluding hydrogens is 385 g/mol. The normalized spacial score (nSPS) is 10.8. The van der Waals surface area contributed by atoms with Crippen LogP contribution in [0.4, 0.5) is 11.4 Å². The van der Waals surface area contributed by atoms with Crippen molar-refractivity contribution in [2.24, 2.45) is 0 Å². The molecule has 0 aliphatic carbocycles. The van der Waals surface area contributed by atoms with E-state index in [1.165, 1.54) is 19.4 Å². The standard InChI is InChI=1S/C17H12Cl3N3O2/c1-25-16-5-3-12(7-14(16)20)23-17(24)10(8-21)9-22-15-6-11(18)2-4-13(15)19/h2-7,9,22H,1H3,(H,23,24)/b10-9-. The Kier molecular flexibility index (Phi) is 6.54. The Hall–Kier alpha value is -2.39. The average Bonchev–Trinajstić information content (AvgIpc) is 2.58. The fourth-order valence-electron chi connectivity index (χ4n) is 1.85. The van der Waals surface area contributed by atoms with E-state index in [9.17, 15) is 10.1 Å². The zero-order valence-electron chi connectivity index (χ0n) is 12.9. The molecule has 0 aliphatic heterocycles. The third kappa shape index (κ3) is 5.04. The van der Waals surface area contributed by atoms with Crippen molar-refractivity contribution in [1.82, 2.24) is 0 Å². The van der Waals surface area contributed by atoms with Crippen molar-refractivity contribution in [2.45, 2.75) is 0 Å². The van der Waals surface area contributed by atoms with Gasteiger partial charge in [0.1, 0.15) is 17.4 Å². The van der Waals surface area contributed by atoms with E-state index in [1.807, 2.05) is 6.07 Å². The van der Waals surface area contributed by atoms with Crippen molar-refractivity contribution in [3.63, 3.8) is 0 Å². The van der Waals surface area contributed by atoms with Gasteiger partial charge < -0.3 is 15.4 Å². The molecule has 0 bridgehead atoms. The van der Waals surface area contributed by atoms with E-state index in [0.717, 1.165) is 0 Å². The molecule has 0 fully saturated rings. The molecule has 0 saturated carbocycles. The summed E-state index contributed by atoms with van der Waals surface area (Å²) in [5, 5.41) is 15.8. The maximum atomic E-state index is 12.2. The number of anilines is 2. The van der Waals surface area contributed by atoms with Gasteiger partial charge in [0, 0.05) is 16.9 Å². The van der Waals surface area contributed by atoms with Gasteiger partial charge in [-0.2, -0.15) is 5.26 Å². The van der Waals surface area contributed by atoms with Crippen molar-refractivity contribution in [1.29, 1.82) is 5.26 Å². The molecule has 2 aromatic carbocycles. The Balaban J connectivity index is 2.14. The summed E-state index contributed by atoms with van der Waals surface area (Å²) in [5.41, 5.74) is 0.753. The van der Waals surface area contributed by atoms with Crippen molar-refractivity contribution in [3.05, 3.63) is 63.2 Å². The lowest BCUT2D eigenvalue weighted by molar-refractivity contribution is -0.112. The first kappa shape index (κ1) is 18.9. The Bertz CT molecular complexity index is 876. The van der Waals surface area contributed by atoms with Crippen molar-refractivity contribution < 1.29 is 9.53 Å². The van der Waals surface area contributed by atoms with Gasteiger partial charge in [0.2, 0.25) is 0 Å². The molecule has 2 rings (SSSR count). The SMILES string of the molecule is COc1ccc(NC(=O)/C(C#N)=C\Nc2cc(Cl)ccc2Cl)cc1Cl. The summed E-state index contributed by atoms with van der Waals surface area (Å²) in [6.45, 7) is 0. The Morgan fingerprint density at radius 2 is 1.92 bits per heavy atom. The van der Waals surface area contributed by atoms with Crippen LogP contribution in [0.1, 0.15) is 0 Å². The van der Waals surface area contributed by atoms with Gasteiger partial charge in [0.05, 0.1) is 22.8 Å². The monoisotopic (exact) mass is 395 g/mol. The second-order valence-electron chi connectivity index (χ2n) is 4.74. The number of ether oxygens (including phenoxy) is 1. The Morgan fingerprint density at radius 3 is 2.56 bits per heavy atom. The first-order valence-corrected chi connectivity index (χ1v) is 8.04. The predicted molar refractivity (Wildman–Crippen MR) is 100 cm³/mol. The largest absolute Gasteiger partial charge is 0.495 e. The van der Waals surface area contributed by atoms with Gasteiger partial charge in [-0.25, -0.2) is 0 Å². The number of rotatable bonds is 5. The van der Waals surface area contributed by atoms with Crippen LogP contribution in [0, 0.1) is 11.3 Å². The summed E-state index contributed by atoms with van der Waals surface area (Å²) in [6.07, 6.45) is 1.25. The molecule has 2 aromatic rings. The summed E-state index contributed by atoms with van der Waals surface area (Å²) >= 11 is 17.9. The maximum Gasteiger partial charge on any atom is 0.267 e. The summed E-state index contributed by atoms with van der Waals surface area (Å²) in [6, 6.07) is 11.4. The first-order chi connectivity index (χ1) is 11.9. The van der Waals surface area contributed by atoms with Crippen LogP contribution in [0.3, 0.4) is 0 Å². The lowest BCUT2D eigenvalue weighted by Crippen LogP contribution is -2.14. The van der Waals surface area contributed by atoms with E-state index in [0.29, 0.717) is 32.2 Å². The first-order valence-electron chi connectivity index (χ1n) is 6.91. The number of halogens is 3. The van der Waals surface area contributed by atoms with Crippen molar-refractivity contribution in [2.75, 3.05) is 17.7 Å². The van der Waals surface area contributed by atoms with Crippen LogP contribution in [-0.2, 0) is 4.79 Å². The molecule has 0 aliphatic rings. The van der Waals surface area contributed by atoms with E-state index in [2.05, 4.69) is 10.6 Å². The van der Waals surface area contributed by atoms with Crippen molar-refractivity contribution in [3.8, 4) is 11.8 Å². The number of nitriles is 1. The highest BCUT2D eigenvalue weighted by molar-refractivity contribution is 6.35. The number of benzene rings is 2. The quantitative estimate of drug-likeness (QED) is 0.544. The van der Waals surface area contributed by atoms with Crippen LogP contribution in [-0.4, -0.2) is 13.0 Å². The molecule has 5 nitrogen and oxygen atoms in total. The average molecular weight is 397 g/mol.